The smallest absolute Gasteiger partial charge is 0.0561 e. The van der Waals surface area contributed by atoms with Gasteiger partial charge in [-0.2, -0.15) is 0 Å². The average Bonchev–Trinajstić information content (AvgIpc) is 2.47. The fourth-order valence-corrected chi connectivity index (χ4v) is 1.94. The van der Waals surface area contributed by atoms with Gasteiger partial charge in [-0.25, -0.2) is 5.84 Å². The lowest BCUT2D eigenvalue weighted by atomic mass is 10.2. The predicted molar refractivity (Wildman–Crippen MR) is 53.5 cm³/mol. The Kier molecular flexibility index (Phi) is 1.98. The molecule has 64 valence electrons. The number of rotatable bonds is 1. The van der Waals surface area contributed by atoms with Crippen LogP contribution in [-0.2, 0) is 6.42 Å². The lowest BCUT2D eigenvalue weighted by Crippen LogP contribution is -2.28. The number of anilines is 1. The summed E-state index contributed by atoms with van der Waals surface area (Å²) >= 11 is 1.75. The first-order chi connectivity index (χ1) is 5.81. The van der Waals surface area contributed by atoms with Gasteiger partial charge in [-0.1, -0.05) is 6.07 Å². The molecule has 0 saturated carbocycles. The van der Waals surface area contributed by atoms with E-state index in [0.29, 0.717) is 0 Å². The molecular weight excluding hydrogens is 168 g/mol. The summed E-state index contributed by atoms with van der Waals surface area (Å²) in [4.78, 5) is 1.28. The van der Waals surface area contributed by atoms with Crippen LogP contribution in [0.1, 0.15) is 5.56 Å². The number of benzene rings is 1. The number of nitrogens with two attached hydrogens (primary N) is 1. The van der Waals surface area contributed by atoms with Gasteiger partial charge in [0.1, 0.15) is 0 Å². The molecule has 0 saturated heterocycles. The molecule has 1 aromatic rings. The molecule has 0 radical (unpaired) electrons. The summed E-state index contributed by atoms with van der Waals surface area (Å²) in [6.45, 7) is 0.952. The number of hydrazine groups is 1. The van der Waals surface area contributed by atoms with Gasteiger partial charge in [-0.3, -0.25) is 0 Å². The van der Waals surface area contributed by atoms with Gasteiger partial charge < -0.3 is 5.01 Å². The average molecular weight is 180 g/mol. The first-order valence-electron chi connectivity index (χ1n) is 4.00. The second-order valence-electron chi connectivity index (χ2n) is 2.94. The van der Waals surface area contributed by atoms with Gasteiger partial charge in [-0.05, 0) is 30.4 Å². The van der Waals surface area contributed by atoms with Crippen molar-refractivity contribution in [1.82, 2.24) is 0 Å². The molecule has 0 unspecified atom stereocenters. The highest BCUT2D eigenvalue weighted by Crippen LogP contribution is 2.29. The third-order valence-electron chi connectivity index (χ3n) is 2.22. The number of hydrogen-bond donors (Lipinski definition) is 1. The Hall–Kier alpha value is -0.670. The van der Waals surface area contributed by atoms with E-state index in [0.717, 1.165) is 13.0 Å². The molecule has 1 aliphatic rings. The van der Waals surface area contributed by atoms with Crippen LogP contribution in [0.15, 0.2) is 23.1 Å². The zero-order chi connectivity index (χ0) is 8.55. The topological polar surface area (TPSA) is 29.3 Å². The van der Waals surface area contributed by atoms with Gasteiger partial charge in [0.2, 0.25) is 0 Å². The van der Waals surface area contributed by atoms with Crippen LogP contribution in [0.25, 0.3) is 0 Å². The largest absolute Gasteiger partial charge is 0.310 e. The van der Waals surface area contributed by atoms with Gasteiger partial charge in [0, 0.05) is 11.4 Å². The van der Waals surface area contributed by atoms with Gasteiger partial charge >= 0.3 is 0 Å². The Bertz CT molecular complexity index is 299. The second-order valence-corrected chi connectivity index (χ2v) is 3.82. The number of nitrogens with zero attached hydrogens (tertiary/aromatic N) is 1. The summed E-state index contributed by atoms with van der Waals surface area (Å²) in [7, 11) is 0. The second kappa shape index (κ2) is 2.99. The molecule has 0 bridgehead atoms. The van der Waals surface area contributed by atoms with Crippen molar-refractivity contribution in [1.29, 1.82) is 0 Å². The SMILES string of the molecule is CSc1ccc2c(c1)N(N)CC2. The van der Waals surface area contributed by atoms with E-state index in [4.69, 9.17) is 5.84 Å². The molecule has 0 aliphatic carbocycles. The summed E-state index contributed by atoms with van der Waals surface area (Å²) in [5.41, 5.74) is 2.57. The van der Waals surface area contributed by atoms with Crippen molar-refractivity contribution in [2.75, 3.05) is 17.8 Å². The number of fused-ring (bicyclic) bond motifs is 1. The first kappa shape index (κ1) is 7.95. The highest BCUT2D eigenvalue weighted by molar-refractivity contribution is 7.98. The Balaban J connectivity index is 2.43. The Morgan fingerprint density at radius 3 is 3.08 bits per heavy atom. The lowest BCUT2D eigenvalue weighted by molar-refractivity contribution is 0.891. The van der Waals surface area contributed by atoms with Crippen LogP contribution in [0.5, 0.6) is 0 Å². The normalized spacial score (nSPS) is 15.0. The highest BCUT2D eigenvalue weighted by atomic mass is 32.2. The maximum atomic E-state index is 5.79. The van der Waals surface area contributed by atoms with Crippen molar-refractivity contribution in [2.24, 2.45) is 5.84 Å². The minimum atomic E-state index is 0.952. The van der Waals surface area contributed by atoms with Gasteiger partial charge in [-0.15, -0.1) is 11.8 Å². The van der Waals surface area contributed by atoms with Crippen LogP contribution in [0, 0.1) is 0 Å². The van der Waals surface area contributed by atoms with Gasteiger partial charge in [0.15, 0.2) is 0 Å². The van der Waals surface area contributed by atoms with Crippen molar-refractivity contribution in [3.05, 3.63) is 23.8 Å². The molecule has 2 nitrogen and oxygen atoms in total. The Labute approximate surface area is 76.7 Å². The lowest BCUT2D eigenvalue weighted by Gasteiger charge is -2.11. The molecular formula is C9H12N2S. The van der Waals surface area contributed by atoms with E-state index in [1.54, 1.807) is 11.8 Å². The van der Waals surface area contributed by atoms with Crippen molar-refractivity contribution >= 4 is 17.4 Å². The van der Waals surface area contributed by atoms with E-state index in [1.165, 1.54) is 16.1 Å². The standard InChI is InChI=1S/C9H12N2S/c1-12-8-3-2-7-4-5-11(10)9(7)6-8/h2-3,6H,4-5,10H2,1H3. The predicted octanol–water partition coefficient (Wildman–Crippen LogP) is 1.64. The Morgan fingerprint density at radius 2 is 2.33 bits per heavy atom. The van der Waals surface area contributed by atoms with Crippen LogP contribution in [0.4, 0.5) is 5.69 Å². The summed E-state index contributed by atoms with van der Waals surface area (Å²) in [6, 6.07) is 6.49. The molecule has 0 fully saturated rings. The van der Waals surface area contributed by atoms with Crippen molar-refractivity contribution in [2.45, 2.75) is 11.3 Å². The fraction of sp³-hybridized carbons (Fsp3) is 0.333. The third kappa shape index (κ3) is 1.19. The zero-order valence-electron chi connectivity index (χ0n) is 7.08. The number of thioether (sulfide) groups is 1. The summed E-state index contributed by atoms with van der Waals surface area (Å²) in [5.74, 6) is 5.79. The summed E-state index contributed by atoms with van der Waals surface area (Å²) in [6.07, 6.45) is 3.16. The maximum absolute atomic E-state index is 5.79. The number of hydrogen-bond acceptors (Lipinski definition) is 3. The molecule has 12 heavy (non-hydrogen) atoms. The molecule has 2 N–H and O–H groups in total. The molecule has 0 atom stereocenters. The summed E-state index contributed by atoms with van der Waals surface area (Å²) < 4.78 is 0. The van der Waals surface area contributed by atoms with E-state index in [2.05, 4.69) is 24.5 Å². The van der Waals surface area contributed by atoms with Crippen LogP contribution >= 0.6 is 11.8 Å². The van der Waals surface area contributed by atoms with Crippen molar-refractivity contribution in [3.63, 3.8) is 0 Å². The monoisotopic (exact) mass is 180 g/mol. The van der Waals surface area contributed by atoms with Gasteiger partial charge in [0.05, 0.1) is 5.69 Å². The van der Waals surface area contributed by atoms with Crippen LogP contribution < -0.4 is 10.9 Å². The zero-order valence-corrected chi connectivity index (χ0v) is 7.90. The van der Waals surface area contributed by atoms with Crippen molar-refractivity contribution in [3.8, 4) is 0 Å². The quantitative estimate of drug-likeness (QED) is 0.526. The van der Waals surface area contributed by atoms with Crippen LogP contribution in [0.2, 0.25) is 0 Å². The minimum absolute atomic E-state index is 0.952. The molecule has 3 heteroatoms. The molecule has 0 amide bonds. The van der Waals surface area contributed by atoms with E-state index >= 15 is 0 Å². The van der Waals surface area contributed by atoms with E-state index in [1.807, 2.05) is 5.01 Å². The third-order valence-corrected chi connectivity index (χ3v) is 2.95. The van der Waals surface area contributed by atoms with E-state index in [-0.39, 0.29) is 0 Å². The molecule has 2 rings (SSSR count). The van der Waals surface area contributed by atoms with Crippen LogP contribution in [0.3, 0.4) is 0 Å². The fourth-order valence-electron chi connectivity index (χ4n) is 1.51. The molecule has 1 aromatic carbocycles. The summed E-state index contributed by atoms with van der Waals surface area (Å²) in [5, 5.41) is 1.83. The highest BCUT2D eigenvalue weighted by Gasteiger charge is 2.15. The van der Waals surface area contributed by atoms with Crippen molar-refractivity contribution < 1.29 is 0 Å². The van der Waals surface area contributed by atoms with Crippen LogP contribution in [-0.4, -0.2) is 12.8 Å². The molecule has 0 aromatic heterocycles. The van der Waals surface area contributed by atoms with E-state index < -0.39 is 0 Å². The first-order valence-corrected chi connectivity index (χ1v) is 5.23. The maximum Gasteiger partial charge on any atom is 0.0561 e. The van der Waals surface area contributed by atoms with Gasteiger partial charge in [0.25, 0.3) is 0 Å². The molecule has 1 heterocycles. The van der Waals surface area contributed by atoms with E-state index in [9.17, 15) is 0 Å². The minimum Gasteiger partial charge on any atom is -0.310 e. The molecule has 1 aliphatic heterocycles. The Morgan fingerprint density at radius 1 is 1.50 bits per heavy atom. The molecule has 0 spiro atoms.